The van der Waals surface area contributed by atoms with Gasteiger partial charge in [-0.25, -0.2) is 0 Å². The molecule has 2 fully saturated rings. The molecular formula is C25H31N3O3. The van der Waals surface area contributed by atoms with Crippen LogP contribution in [0.25, 0.3) is 5.57 Å². The number of rotatable bonds is 5. The third kappa shape index (κ3) is 4.44. The minimum Gasteiger partial charge on any atom is -0.378 e. The Balaban J connectivity index is 1.60. The molecule has 0 aromatic heterocycles. The van der Waals surface area contributed by atoms with Crippen molar-refractivity contribution in [3.63, 3.8) is 0 Å². The van der Waals surface area contributed by atoms with E-state index in [0.717, 1.165) is 54.1 Å². The summed E-state index contributed by atoms with van der Waals surface area (Å²) in [5.74, 6) is 0.267. The second-order valence-electron chi connectivity index (χ2n) is 8.61. The van der Waals surface area contributed by atoms with E-state index in [1.165, 1.54) is 0 Å². The van der Waals surface area contributed by atoms with Crippen LogP contribution in [0.15, 0.2) is 49.2 Å². The second kappa shape index (κ2) is 8.71. The van der Waals surface area contributed by atoms with Crippen molar-refractivity contribution in [3.8, 4) is 0 Å². The Hall–Kier alpha value is -2.86. The predicted octanol–water partition coefficient (Wildman–Crippen LogP) is 3.60. The molecule has 1 aromatic carbocycles. The fraction of sp³-hybridized carbons (Fsp3) is 0.440. The quantitative estimate of drug-likeness (QED) is 0.682. The Bertz CT molecular complexity index is 941. The monoisotopic (exact) mass is 421 g/mol. The molecule has 6 heteroatoms. The lowest BCUT2D eigenvalue weighted by Gasteiger charge is -2.41. The number of carbonyl (C=O) groups excluding carboxylic acids is 2. The maximum Gasteiger partial charge on any atom is 0.230 e. The topological polar surface area (TPSA) is 53.1 Å². The van der Waals surface area contributed by atoms with Crippen molar-refractivity contribution in [2.75, 3.05) is 42.6 Å². The molecule has 0 spiro atoms. The Kier molecular flexibility index (Phi) is 6.01. The highest BCUT2D eigenvalue weighted by Crippen LogP contribution is 2.41. The van der Waals surface area contributed by atoms with Crippen LogP contribution in [0, 0.1) is 5.92 Å². The molecule has 1 atom stereocenters. The molecule has 1 aliphatic carbocycles. The zero-order chi connectivity index (χ0) is 22.1. The van der Waals surface area contributed by atoms with Crippen molar-refractivity contribution in [3.05, 3.63) is 54.8 Å². The third-order valence-corrected chi connectivity index (χ3v) is 6.21. The highest BCUT2D eigenvalue weighted by molar-refractivity contribution is 6.05. The van der Waals surface area contributed by atoms with Gasteiger partial charge in [0, 0.05) is 38.2 Å². The van der Waals surface area contributed by atoms with Crippen LogP contribution < -0.4 is 9.80 Å². The van der Waals surface area contributed by atoms with Gasteiger partial charge in [-0.3, -0.25) is 9.59 Å². The fourth-order valence-electron chi connectivity index (χ4n) is 4.31. The lowest BCUT2D eigenvalue weighted by molar-refractivity contribution is -0.120. The lowest BCUT2D eigenvalue weighted by Crippen LogP contribution is -2.51. The van der Waals surface area contributed by atoms with E-state index in [9.17, 15) is 9.59 Å². The summed E-state index contributed by atoms with van der Waals surface area (Å²) >= 11 is 0. The van der Waals surface area contributed by atoms with E-state index in [1.807, 2.05) is 42.2 Å². The van der Waals surface area contributed by atoms with Crippen LogP contribution in [0.3, 0.4) is 0 Å². The number of morpholine rings is 1. The van der Waals surface area contributed by atoms with Gasteiger partial charge in [0.2, 0.25) is 11.8 Å². The molecule has 0 radical (unpaired) electrons. The van der Waals surface area contributed by atoms with Gasteiger partial charge >= 0.3 is 0 Å². The minimum absolute atomic E-state index is 0.0134. The number of fused-ring (bicyclic) bond motifs is 1. The molecular weight excluding hydrogens is 390 g/mol. The van der Waals surface area contributed by atoms with Gasteiger partial charge in [-0.15, -0.1) is 0 Å². The Morgan fingerprint density at radius 3 is 2.45 bits per heavy atom. The number of hydrogen-bond acceptors (Lipinski definition) is 4. The molecule has 1 saturated carbocycles. The van der Waals surface area contributed by atoms with E-state index in [4.69, 9.17) is 4.74 Å². The first-order valence-electron chi connectivity index (χ1n) is 11.0. The zero-order valence-corrected chi connectivity index (χ0v) is 18.5. The Morgan fingerprint density at radius 2 is 1.81 bits per heavy atom. The number of amides is 2. The van der Waals surface area contributed by atoms with Crippen molar-refractivity contribution in [1.82, 2.24) is 4.90 Å². The molecule has 3 aliphatic rings. The van der Waals surface area contributed by atoms with Gasteiger partial charge in [0.25, 0.3) is 0 Å². The van der Waals surface area contributed by atoms with Gasteiger partial charge in [-0.2, -0.15) is 0 Å². The van der Waals surface area contributed by atoms with Crippen LogP contribution in [0.4, 0.5) is 11.4 Å². The normalized spacial score (nSPS) is 21.2. The van der Waals surface area contributed by atoms with Crippen molar-refractivity contribution < 1.29 is 14.3 Å². The van der Waals surface area contributed by atoms with Gasteiger partial charge in [0.15, 0.2) is 0 Å². The molecule has 1 aromatic rings. The van der Waals surface area contributed by atoms with Gasteiger partial charge < -0.3 is 19.4 Å². The van der Waals surface area contributed by atoms with Gasteiger partial charge in [-0.05, 0) is 49.1 Å². The van der Waals surface area contributed by atoms with Gasteiger partial charge in [0.05, 0.1) is 30.6 Å². The molecule has 4 rings (SSSR count). The molecule has 0 N–H and O–H groups in total. The summed E-state index contributed by atoms with van der Waals surface area (Å²) in [6, 6.07) is 5.84. The zero-order valence-electron chi connectivity index (χ0n) is 18.5. The molecule has 1 unspecified atom stereocenters. The van der Waals surface area contributed by atoms with Crippen molar-refractivity contribution >= 4 is 28.8 Å². The minimum atomic E-state index is -0.0570. The van der Waals surface area contributed by atoms with Crippen LogP contribution in [0.5, 0.6) is 0 Å². The van der Waals surface area contributed by atoms with Crippen LogP contribution in [-0.2, 0) is 14.3 Å². The number of ether oxygens (including phenoxy) is 1. The van der Waals surface area contributed by atoms with E-state index < -0.39 is 0 Å². The maximum absolute atomic E-state index is 13.0. The highest BCUT2D eigenvalue weighted by Gasteiger charge is 2.39. The summed E-state index contributed by atoms with van der Waals surface area (Å²) in [7, 11) is 0. The van der Waals surface area contributed by atoms with E-state index >= 15 is 0 Å². The Labute approximate surface area is 184 Å². The SMILES string of the molecule is C=C(/C=C\C(=C)N1CCOCC1)c1ccc2c(c1)N(C(=O)C1CC1)CC(C)N2C(C)=O. The third-order valence-electron chi connectivity index (χ3n) is 6.21. The van der Waals surface area contributed by atoms with E-state index in [2.05, 4.69) is 18.1 Å². The number of carbonyl (C=O) groups is 2. The van der Waals surface area contributed by atoms with E-state index in [-0.39, 0.29) is 23.8 Å². The predicted molar refractivity (Wildman–Crippen MR) is 124 cm³/mol. The fourth-order valence-corrected chi connectivity index (χ4v) is 4.31. The summed E-state index contributed by atoms with van der Waals surface area (Å²) in [5.41, 5.74) is 4.28. The lowest BCUT2D eigenvalue weighted by atomic mass is 10.0. The summed E-state index contributed by atoms with van der Waals surface area (Å²) in [6.45, 7) is 15.6. The first kappa shape index (κ1) is 21.4. The van der Waals surface area contributed by atoms with Crippen molar-refractivity contribution in [2.45, 2.75) is 32.7 Å². The van der Waals surface area contributed by atoms with Gasteiger partial charge in [0.1, 0.15) is 0 Å². The van der Waals surface area contributed by atoms with Crippen LogP contribution >= 0.6 is 0 Å². The van der Waals surface area contributed by atoms with E-state index in [1.54, 1.807) is 11.8 Å². The molecule has 0 bridgehead atoms. The summed E-state index contributed by atoms with van der Waals surface area (Å²) < 4.78 is 5.40. The number of benzene rings is 1. The average molecular weight is 422 g/mol. The first-order valence-corrected chi connectivity index (χ1v) is 11.0. The molecule has 2 aliphatic heterocycles. The van der Waals surface area contributed by atoms with Crippen LogP contribution in [0.1, 0.15) is 32.3 Å². The first-order chi connectivity index (χ1) is 14.9. The number of nitrogens with zero attached hydrogens (tertiary/aromatic N) is 3. The number of hydrogen-bond donors (Lipinski definition) is 0. The molecule has 31 heavy (non-hydrogen) atoms. The molecule has 1 saturated heterocycles. The Morgan fingerprint density at radius 1 is 1.10 bits per heavy atom. The van der Waals surface area contributed by atoms with Crippen LogP contribution in [0.2, 0.25) is 0 Å². The number of allylic oxidation sites excluding steroid dienone is 3. The molecule has 164 valence electrons. The highest BCUT2D eigenvalue weighted by atomic mass is 16.5. The van der Waals surface area contributed by atoms with Crippen LogP contribution in [-0.4, -0.2) is 55.6 Å². The van der Waals surface area contributed by atoms with E-state index in [0.29, 0.717) is 19.8 Å². The van der Waals surface area contributed by atoms with Crippen molar-refractivity contribution in [1.29, 1.82) is 0 Å². The summed E-state index contributed by atoms with van der Waals surface area (Å²) in [6.07, 6.45) is 5.84. The summed E-state index contributed by atoms with van der Waals surface area (Å²) in [5, 5.41) is 0. The standard InChI is InChI=1S/C25H31N3O3/c1-17(5-6-18(2)26-11-13-31-14-12-26)22-9-10-23-24(15-22)27(25(30)21-7-8-21)16-19(3)28(23)20(4)29/h5-6,9-10,15,19,21H,1-2,7-8,11-14,16H2,3-4H3/b6-5-. The average Bonchev–Trinajstić information content (AvgIpc) is 3.61. The maximum atomic E-state index is 13.0. The number of anilines is 2. The second-order valence-corrected chi connectivity index (χ2v) is 8.61. The smallest absolute Gasteiger partial charge is 0.230 e. The molecule has 2 heterocycles. The van der Waals surface area contributed by atoms with Gasteiger partial charge in [-0.1, -0.05) is 25.3 Å². The van der Waals surface area contributed by atoms with Crippen molar-refractivity contribution in [2.24, 2.45) is 5.92 Å². The summed E-state index contributed by atoms with van der Waals surface area (Å²) in [4.78, 5) is 31.1. The molecule has 6 nitrogen and oxygen atoms in total. The largest absolute Gasteiger partial charge is 0.378 e. The molecule has 2 amide bonds.